The van der Waals surface area contributed by atoms with Crippen molar-refractivity contribution in [2.45, 2.75) is 31.3 Å². The maximum atomic E-state index is 12.4. The van der Waals surface area contributed by atoms with Crippen molar-refractivity contribution in [3.63, 3.8) is 0 Å². The summed E-state index contributed by atoms with van der Waals surface area (Å²) in [5.74, 6) is -0.354. The molecule has 1 aromatic heterocycles. The van der Waals surface area contributed by atoms with Crippen molar-refractivity contribution in [3.05, 3.63) is 24.3 Å². The molecule has 112 valence electrons. The maximum Gasteiger partial charge on any atom is 0.303 e. The molecule has 0 spiro atoms. The number of aromatic nitrogens is 4. The standard InChI is InChI=1S/C14H13N5O3/c20-11-5-7-14(8-6-12(21)22)18(11)10-4-2-1-3-9(10)13-15-16-17-19(13)14/h1-4H,5-8H2,(H,21,22). The highest BCUT2D eigenvalue weighted by molar-refractivity contribution is 6.01. The number of para-hydroxylation sites is 1. The summed E-state index contributed by atoms with van der Waals surface area (Å²) in [6.45, 7) is 0. The van der Waals surface area contributed by atoms with Gasteiger partial charge in [0.05, 0.1) is 5.69 Å². The number of benzene rings is 1. The molecule has 1 amide bonds. The molecule has 1 saturated heterocycles. The Morgan fingerprint density at radius 3 is 3.00 bits per heavy atom. The zero-order chi connectivity index (χ0) is 15.3. The van der Waals surface area contributed by atoms with Crippen LogP contribution in [-0.4, -0.2) is 37.2 Å². The quantitative estimate of drug-likeness (QED) is 0.907. The molecular weight excluding hydrogens is 286 g/mol. The van der Waals surface area contributed by atoms with Crippen molar-refractivity contribution in [2.24, 2.45) is 0 Å². The lowest BCUT2D eigenvalue weighted by Crippen LogP contribution is -2.51. The summed E-state index contributed by atoms with van der Waals surface area (Å²) in [5.41, 5.74) is 0.717. The average Bonchev–Trinajstić information content (AvgIpc) is 3.11. The Hall–Kier alpha value is -2.77. The molecule has 3 heterocycles. The predicted octanol–water partition coefficient (Wildman–Crippen LogP) is 0.998. The number of rotatable bonds is 3. The van der Waals surface area contributed by atoms with Crippen molar-refractivity contribution in [1.29, 1.82) is 0 Å². The number of nitrogens with zero attached hydrogens (tertiary/aromatic N) is 5. The Kier molecular flexibility index (Phi) is 2.56. The lowest BCUT2D eigenvalue weighted by Gasteiger charge is -2.42. The zero-order valence-corrected chi connectivity index (χ0v) is 11.6. The van der Waals surface area contributed by atoms with E-state index in [0.717, 1.165) is 11.3 Å². The largest absolute Gasteiger partial charge is 0.481 e. The molecule has 8 heteroatoms. The van der Waals surface area contributed by atoms with Gasteiger partial charge in [-0.05, 0) is 22.6 Å². The molecule has 1 aromatic carbocycles. The number of hydrogen-bond donors (Lipinski definition) is 1. The predicted molar refractivity (Wildman–Crippen MR) is 74.8 cm³/mol. The van der Waals surface area contributed by atoms with Gasteiger partial charge in [-0.25, -0.2) is 0 Å². The van der Waals surface area contributed by atoms with E-state index >= 15 is 0 Å². The van der Waals surface area contributed by atoms with Gasteiger partial charge in [0, 0.05) is 31.2 Å². The smallest absolute Gasteiger partial charge is 0.303 e. The molecule has 0 aliphatic carbocycles. The summed E-state index contributed by atoms with van der Waals surface area (Å²) in [5, 5.41) is 20.9. The molecule has 0 saturated carbocycles. The molecule has 1 unspecified atom stereocenters. The second-order valence-corrected chi connectivity index (χ2v) is 5.54. The van der Waals surface area contributed by atoms with Crippen LogP contribution in [-0.2, 0) is 15.3 Å². The van der Waals surface area contributed by atoms with Gasteiger partial charge in [-0.15, -0.1) is 5.10 Å². The summed E-state index contributed by atoms with van der Waals surface area (Å²) in [6.07, 6.45) is 1.09. The normalized spacial score (nSPS) is 22.2. The molecule has 0 radical (unpaired) electrons. The zero-order valence-electron chi connectivity index (χ0n) is 11.6. The Labute approximate surface area is 125 Å². The monoisotopic (exact) mass is 299 g/mol. The van der Waals surface area contributed by atoms with E-state index in [2.05, 4.69) is 15.5 Å². The number of tetrazole rings is 1. The average molecular weight is 299 g/mol. The van der Waals surface area contributed by atoms with Crippen LogP contribution in [0.5, 0.6) is 0 Å². The summed E-state index contributed by atoms with van der Waals surface area (Å²) in [7, 11) is 0. The van der Waals surface area contributed by atoms with Crippen LogP contribution in [0.1, 0.15) is 25.7 Å². The first kappa shape index (κ1) is 12.9. The molecule has 1 N–H and O–H groups in total. The molecule has 1 fully saturated rings. The highest BCUT2D eigenvalue weighted by atomic mass is 16.4. The van der Waals surface area contributed by atoms with Crippen LogP contribution in [0.3, 0.4) is 0 Å². The summed E-state index contributed by atoms with van der Waals surface area (Å²) >= 11 is 0. The third-order valence-corrected chi connectivity index (χ3v) is 4.39. The van der Waals surface area contributed by atoms with E-state index in [1.807, 2.05) is 24.3 Å². The molecule has 22 heavy (non-hydrogen) atoms. The highest BCUT2D eigenvalue weighted by Gasteiger charge is 2.53. The van der Waals surface area contributed by atoms with Gasteiger partial charge in [-0.1, -0.05) is 12.1 Å². The van der Waals surface area contributed by atoms with Crippen LogP contribution in [0.25, 0.3) is 11.4 Å². The molecular formula is C14H13N5O3. The highest BCUT2D eigenvalue weighted by Crippen LogP contribution is 2.49. The van der Waals surface area contributed by atoms with E-state index in [4.69, 9.17) is 5.11 Å². The number of carboxylic acid groups (broad SMARTS) is 1. The Balaban J connectivity index is 1.94. The van der Waals surface area contributed by atoms with Crippen LogP contribution >= 0.6 is 0 Å². The van der Waals surface area contributed by atoms with E-state index in [-0.39, 0.29) is 18.7 Å². The number of fused-ring (bicyclic) bond motifs is 6. The van der Waals surface area contributed by atoms with E-state index in [0.29, 0.717) is 18.7 Å². The summed E-state index contributed by atoms with van der Waals surface area (Å²) in [6, 6.07) is 7.44. The third kappa shape index (κ3) is 1.54. The maximum absolute atomic E-state index is 12.4. The van der Waals surface area contributed by atoms with Crippen molar-refractivity contribution in [3.8, 4) is 11.4 Å². The van der Waals surface area contributed by atoms with E-state index in [1.54, 1.807) is 9.58 Å². The first-order valence-electron chi connectivity index (χ1n) is 7.07. The first-order chi connectivity index (χ1) is 10.6. The Morgan fingerprint density at radius 2 is 2.18 bits per heavy atom. The third-order valence-electron chi connectivity index (χ3n) is 4.39. The minimum Gasteiger partial charge on any atom is -0.481 e. The molecule has 1 atom stereocenters. The molecule has 0 bridgehead atoms. The van der Waals surface area contributed by atoms with Crippen molar-refractivity contribution < 1.29 is 14.7 Å². The second-order valence-electron chi connectivity index (χ2n) is 5.54. The summed E-state index contributed by atoms with van der Waals surface area (Å²) in [4.78, 5) is 25.2. The molecule has 2 aliphatic heterocycles. The van der Waals surface area contributed by atoms with Gasteiger partial charge in [0.25, 0.3) is 0 Å². The Morgan fingerprint density at radius 1 is 1.36 bits per heavy atom. The van der Waals surface area contributed by atoms with Crippen LogP contribution in [0.2, 0.25) is 0 Å². The molecule has 8 nitrogen and oxygen atoms in total. The van der Waals surface area contributed by atoms with Gasteiger partial charge in [-0.2, -0.15) is 4.68 Å². The van der Waals surface area contributed by atoms with Gasteiger partial charge < -0.3 is 5.11 Å². The minimum absolute atomic E-state index is 0.0287. The van der Waals surface area contributed by atoms with Crippen LogP contribution in [0.15, 0.2) is 24.3 Å². The topological polar surface area (TPSA) is 101 Å². The van der Waals surface area contributed by atoms with E-state index in [9.17, 15) is 9.59 Å². The van der Waals surface area contributed by atoms with E-state index < -0.39 is 11.6 Å². The minimum atomic E-state index is -0.901. The lowest BCUT2D eigenvalue weighted by atomic mass is 9.95. The van der Waals surface area contributed by atoms with Gasteiger partial charge >= 0.3 is 5.97 Å². The molecule has 4 rings (SSSR count). The Bertz CT molecular complexity index is 786. The SMILES string of the molecule is O=C(O)CCC12CCC(=O)N1c1ccccc1-c1nnnn12. The van der Waals surface area contributed by atoms with Crippen LogP contribution < -0.4 is 4.90 Å². The number of anilines is 1. The van der Waals surface area contributed by atoms with Gasteiger partial charge in [0.2, 0.25) is 5.91 Å². The fraction of sp³-hybridized carbons (Fsp3) is 0.357. The van der Waals surface area contributed by atoms with Crippen molar-refractivity contribution in [1.82, 2.24) is 20.2 Å². The number of carbonyl (C=O) groups is 2. The van der Waals surface area contributed by atoms with E-state index in [1.165, 1.54) is 0 Å². The van der Waals surface area contributed by atoms with Crippen LogP contribution in [0, 0.1) is 0 Å². The number of carbonyl (C=O) groups excluding carboxylic acids is 1. The second kappa shape index (κ2) is 4.36. The van der Waals surface area contributed by atoms with Crippen LogP contribution in [0.4, 0.5) is 5.69 Å². The summed E-state index contributed by atoms with van der Waals surface area (Å²) < 4.78 is 1.61. The fourth-order valence-electron chi connectivity index (χ4n) is 3.46. The van der Waals surface area contributed by atoms with Crippen molar-refractivity contribution in [2.75, 3.05) is 4.90 Å². The molecule has 2 aliphatic rings. The lowest BCUT2D eigenvalue weighted by molar-refractivity contribution is -0.137. The van der Waals surface area contributed by atoms with Gasteiger partial charge in [0.1, 0.15) is 5.66 Å². The van der Waals surface area contributed by atoms with Gasteiger partial charge in [0.15, 0.2) is 5.82 Å². The number of hydrogen-bond acceptors (Lipinski definition) is 5. The number of amides is 1. The number of aliphatic carboxylic acids is 1. The fourth-order valence-corrected chi connectivity index (χ4v) is 3.46. The number of carboxylic acids is 1. The van der Waals surface area contributed by atoms with Crippen molar-refractivity contribution >= 4 is 17.6 Å². The first-order valence-corrected chi connectivity index (χ1v) is 7.07. The molecule has 2 aromatic rings. The van der Waals surface area contributed by atoms with Gasteiger partial charge in [-0.3, -0.25) is 14.5 Å².